The lowest BCUT2D eigenvalue weighted by atomic mass is 10.1. The number of hydrogen-bond acceptors (Lipinski definition) is 6. The quantitative estimate of drug-likeness (QED) is 0.529. The van der Waals surface area contributed by atoms with E-state index in [0.29, 0.717) is 22.4 Å². The maximum absolute atomic E-state index is 12.4. The van der Waals surface area contributed by atoms with E-state index in [-0.39, 0.29) is 30.5 Å². The number of benzene rings is 2. The molecule has 0 saturated carbocycles. The molecule has 4 amide bonds. The molecule has 1 aliphatic heterocycles. The van der Waals surface area contributed by atoms with Crippen LogP contribution in [0.3, 0.4) is 0 Å². The van der Waals surface area contributed by atoms with Crippen LogP contribution in [0.5, 0.6) is 0 Å². The molecule has 1 unspecified atom stereocenters. The fourth-order valence-corrected chi connectivity index (χ4v) is 3.06. The topological polar surface area (TPSA) is 117 Å². The van der Waals surface area contributed by atoms with Gasteiger partial charge < -0.3 is 16.0 Å². The molecule has 9 heteroatoms. The van der Waals surface area contributed by atoms with Gasteiger partial charge in [0.05, 0.1) is 17.7 Å². The van der Waals surface area contributed by atoms with Gasteiger partial charge in [0.25, 0.3) is 11.8 Å². The summed E-state index contributed by atoms with van der Waals surface area (Å²) in [5.41, 5.74) is 1.68. The zero-order valence-corrected chi connectivity index (χ0v) is 19.1. The summed E-state index contributed by atoms with van der Waals surface area (Å²) in [6, 6.07) is 12.6. The van der Waals surface area contributed by atoms with Gasteiger partial charge in [-0.25, -0.2) is 0 Å². The van der Waals surface area contributed by atoms with Gasteiger partial charge in [0.2, 0.25) is 11.8 Å². The van der Waals surface area contributed by atoms with E-state index >= 15 is 0 Å². The number of nitrogens with zero attached hydrogens (tertiary/aromatic N) is 1. The van der Waals surface area contributed by atoms with Gasteiger partial charge in [0, 0.05) is 11.2 Å². The molecule has 0 aromatic heterocycles. The van der Waals surface area contributed by atoms with E-state index in [1.807, 2.05) is 20.8 Å². The first-order valence-electron chi connectivity index (χ1n) is 10.6. The van der Waals surface area contributed by atoms with Crippen molar-refractivity contribution in [1.82, 2.24) is 15.7 Å². The van der Waals surface area contributed by atoms with Crippen LogP contribution in [0.2, 0.25) is 0 Å². The lowest BCUT2D eigenvalue weighted by Crippen LogP contribution is -2.48. The first-order chi connectivity index (χ1) is 15.5. The first-order valence-corrected chi connectivity index (χ1v) is 10.6. The number of imide groups is 1. The monoisotopic (exact) mass is 452 g/mol. The fourth-order valence-electron chi connectivity index (χ4n) is 3.06. The second-order valence-corrected chi connectivity index (χ2v) is 8.80. The van der Waals surface area contributed by atoms with E-state index in [2.05, 4.69) is 16.0 Å². The molecule has 2 aromatic carbocycles. The molecule has 2 aromatic rings. The van der Waals surface area contributed by atoms with E-state index in [4.69, 9.17) is 4.84 Å². The second-order valence-electron chi connectivity index (χ2n) is 8.80. The Balaban J connectivity index is 1.48. The van der Waals surface area contributed by atoms with Gasteiger partial charge >= 0.3 is 0 Å². The summed E-state index contributed by atoms with van der Waals surface area (Å²) in [6.07, 6.45) is 0. The van der Waals surface area contributed by atoms with Crippen molar-refractivity contribution in [2.24, 2.45) is 0 Å². The van der Waals surface area contributed by atoms with E-state index < -0.39 is 17.9 Å². The minimum Gasteiger partial charge on any atom is -0.343 e. The Bertz CT molecular complexity index is 1020. The van der Waals surface area contributed by atoms with Crippen molar-refractivity contribution < 1.29 is 24.0 Å². The number of hydroxylamine groups is 2. The molecule has 0 saturated heterocycles. The van der Waals surface area contributed by atoms with Crippen molar-refractivity contribution in [3.05, 3.63) is 65.2 Å². The van der Waals surface area contributed by atoms with Gasteiger partial charge in [0.15, 0.2) is 0 Å². The molecule has 3 N–H and O–H groups in total. The van der Waals surface area contributed by atoms with Crippen molar-refractivity contribution in [3.8, 4) is 0 Å². The lowest BCUT2D eigenvalue weighted by Gasteiger charge is -2.21. The molecular formula is C24H28N4O5. The number of nitrogens with one attached hydrogen (secondary N) is 3. The molecule has 9 nitrogen and oxygen atoms in total. The van der Waals surface area contributed by atoms with Crippen LogP contribution in [0.25, 0.3) is 0 Å². The third kappa shape index (κ3) is 6.24. The summed E-state index contributed by atoms with van der Waals surface area (Å²) in [6.45, 7) is 7.57. The third-order valence-corrected chi connectivity index (χ3v) is 4.89. The van der Waals surface area contributed by atoms with Crippen LogP contribution in [-0.4, -0.2) is 46.8 Å². The summed E-state index contributed by atoms with van der Waals surface area (Å²) < 4.78 is 0. The van der Waals surface area contributed by atoms with E-state index in [1.54, 1.807) is 55.5 Å². The van der Waals surface area contributed by atoms with Crippen LogP contribution >= 0.6 is 0 Å². The van der Waals surface area contributed by atoms with Gasteiger partial charge in [-0.05, 0) is 57.5 Å². The standard InChI is InChI=1S/C24H28N4O5/c1-15(26-20(29)13-25-24(2,3)4)21(30)27-17-11-9-16(10-12-17)14-33-28-22(31)18-7-5-6-8-19(18)23(28)32/h5-12,15,25H,13-14H2,1-4H3,(H,26,29)(H,27,30). The number of anilines is 1. The Labute approximate surface area is 192 Å². The largest absolute Gasteiger partial charge is 0.343 e. The molecule has 1 aliphatic rings. The van der Waals surface area contributed by atoms with Crippen LogP contribution in [0.15, 0.2) is 48.5 Å². The van der Waals surface area contributed by atoms with Crippen molar-refractivity contribution in [3.63, 3.8) is 0 Å². The SMILES string of the molecule is CC(NC(=O)CNC(C)(C)C)C(=O)Nc1ccc(CON2C(=O)c3ccccc3C2=O)cc1. The summed E-state index contributed by atoms with van der Waals surface area (Å²) in [4.78, 5) is 54.4. The Morgan fingerprint density at radius 1 is 0.970 bits per heavy atom. The second kappa shape index (κ2) is 9.93. The molecular weight excluding hydrogens is 424 g/mol. The van der Waals surface area contributed by atoms with E-state index in [1.165, 1.54) is 0 Å². The van der Waals surface area contributed by atoms with Gasteiger partial charge in [-0.1, -0.05) is 24.3 Å². The Kier molecular flexibility index (Phi) is 7.25. The molecule has 0 fully saturated rings. The van der Waals surface area contributed by atoms with Crippen LogP contribution in [0.4, 0.5) is 5.69 Å². The highest BCUT2D eigenvalue weighted by molar-refractivity contribution is 6.20. The molecule has 3 rings (SSSR count). The maximum Gasteiger partial charge on any atom is 0.285 e. The lowest BCUT2D eigenvalue weighted by molar-refractivity contribution is -0.125. The molecule has 0 radical (unpaired) electrons. The molecule has 0 bridgehead atoms. The van der Waals surface area contributed by atoms with Crippen molar-refractivity contribution in [1.29, 1.82) is 0 Å². The molecule has 174 valence electrons. The van der Waals surface area contributed by atoms with Gasteiger partial charge in [-0.15, -0.1) is 5.06 Å². The minimum atomic E-state index is -0.712. The maximum atomic E-state index is 12.4. The number of carbonyl (C=O) groups excluding carboxylic acids is 4. The minimum absolute atomic E-state index is 0.00688. The smallest absolute Gasteiger partial charge is 0.285 e. The van der Waals surface area contributed by atoms with E-state index in [9.17, 15) is 19.2 Å². The molecule has 33 heavy (non-hydrogen) atoms. The van der Waals surface area contributed by atoms with Crippen LogP contribution < -0.4 is 16.0 Å². The van der Waals surface area contributed by atoms with Gasteiger partial charge in [-0.3, -0.25) is 24.0 Å². The van der Waals surface area contributed by atoms with Crippen molar-refractivity contribution >= 4 is 29.3 Å². The average Bonchev–Trinajstić information content (AvgIpc) is 3.01. The number of hydrogen-bond donors (Lipinski definition) is 3. The van der Waals surface area contributed by atoms with Gasteiger partial charge in [0.1, 0.15) is 12.6 Å². The predicted molar refractivity (Wildman–Crippen MR) is 122 cm³/mol. The highest BCUT2D eigenvalue weighted by Crippen LogP contribution is 2.23. The highest BCUT2D eigenvalue weighted by atomic mass is 16.7. The van der Waals surface area contributed by atoms with Crippen LogP contribution in [-0.2, 0) is 21.0 Å². The zero-order chi connectivity index (χ0) is 24.2. The molecule has 1 heterocycles. The number of amides is 4. The van der Waals surface area contributed by atoms with Crippen molar-refractivity contribution in [2.75, 3.05) is 11.9 Å². The summed E-state index contributed by atoms with van der Waals surface area (Å²) in [7, 11) is 0. The number of fused-ring (bicyclic) bond motifs is 1. The summed E-state index contributed by atoms with van der Waals surface area (Å²) in [5, 5.41) is 9.21. The summed E-state index contributed by atoms with van der Waals surface area (Å²) >= 11 is 0. The fraction of sp³-hybridized carbons (Fsp3) is 0.333. The van der Waals surface area contributed by atoms with Crippen molar-refractivity contribution in [2.45, 2.75) is 45.9 Å². The normalized spacial score (nSPS) is 14.1. The molecule has 0 spiro atoms. The van der Waals surface area contributed by atoms with Crippen LogP contribution in [0, 0.1) is 0 Å². The predicted octanol–water partition coefficient (Wildman–Crippen LogP) is 2.25. The third-order valence-electron chi connectivity index (χ3n) is 4.89. The molecule has 1 atom stereocenters. The van der Waals surface area contributed by atoms with Crippen LogP contribution in [0.1, 0.15) is 54.0 Å². The number of rotatable bonds is 8. The first kappa shape index (κ1) is 24.1. The Morgan fingerprint density at radius 3 is 2.09 bits per heavy atom. The Morgan fingerprint density at radius 2 is 1.55 bits per heavy atom. The highest BCUT2D eigenvalue weighted by Gasteiger charge is 2.36. The van der Waals surface area contributed by atoms with Gasteiger partial charge in [-0.2, -0.15) is 0 Å². The Hall–Kier alpha value is -3.56. The van der Waals surface area contributed by atoms with E-state index in [0.717, 1.165) is 5.06 Å². The number of carbonyl (C=O) groups is 4. The summed E-state index contributed by atoms with van der Waals surface area (Å²) in [5.74, 6) is -1.61. The average molecular weight is 453 g/mol. The zero-order valence-electron chi connectivity index (χ0n) is 19.1. The molecule has 0 aliphatic carbocycles.